The molecule has 4 rings (SSSR count). The normalized spacial score (nSPS) is 13.7. The van der Waals surface area contributed by atoms with Gasteiger partial charge in [-0.2, -0.15) is 0 Å². The van der Waals surface area contributed by atoms with Crippen LogP contribution in [-0.2, 0) is 19.3 Å². The van der Waals surface area contributed by atoms with Crippen LogP contribution in [0.5, 0.6) is 0 Å². The van der Waals surface area contributed by atoms with Crippen molar-refractivity contribution >= 4 is 0 Å². The zero-order chi connectivity index (χ0) is 21.8. The van der Waals surface area contributed by atoms with Gasteiger partial charge in [0.25, 0.3) is 0 Å². The lowest BCUT2D eigenvalue weighted by molar-refractivity contribution is 0.930. The summed E-state index contributed by atoms with van der Waals surface area (Å²) in [6.45, 7) is 9.01. The van der Waals surface area contributed by atoms with Gasteiger partial charge in [-0.05, 0) is 110 Å². The lowest BCUT2D eigenvalue weighted by Crippen LogP contribution is -2.01. The van der Waals surface area contributed by atoms with E-state index in [0.717, 1.165) is 19.3 Å². The molecule has 0 amide bonds. The number of aryl methyl sites for hydroxylation is 2. The molecule has 0 heterocycles. The van der Waals surface area contributed by atoms with Crippen LogP contribution in [0.15, 0.2) is 84.0 Å². The van der Waals surface area contributed by atoms with Crippen LogP contribution in [0.3, 0.4) is 0 Å². The van der Waals surface area contributed by atoms with Gasteiger partial charge in [0.2, 0.25) is 0 Å². The van der Waals surface area contributed by atoms with Crippen molar-refractivity contribution in [2.75, 3.05) is 0 Å². The first-order valence-corrected chi connectivity index (χ1v) is 11.6. The van der Waals surface area contributed by atoms with E-state index in [2.05, 4.69) is 101 Å². The second kappa shape index (κ2) is 9.52. The summed E-state index contributed by atoms with van der Waals surface area (Å²) in [5.41, 5.74) is 14.3. The summed E-state index contributed by atoms with van der Waals surface area (Å²) >= 11 is 0. The van der Waals surface area contributed by atoms with Crippen molar-refractivity contribution in [1.29, 1.82) is 0 Å². The highest BCUT2D eigenvalue weighted by atomic mass is 14.1. The maximum absolute atomic E-state index is 2.40. The molecule has 158 valence electrons. The SMILES string of the molecule is CC1=CC(Cc2ccc(Cc3cccc(Cc4ccccc4C)c3C)c(C)c2)=CCC1. The van der Waals surface area contributed by atoms with Gasteiger partial charge in [0, 0.05) is 0 Å². The van der Waals surface area contributed by atoms with Crippen LogP contribution in [0, 0.1) is 20.8 Å². The molecule has 0 radical (unpaired) electrons. The van der Waals surface area contributed by atoms with Gasteiger partial charge in [0.15, 0.2) is 0 Å². The lowest BCUT2D eigenvalue weighted by Gasteiger charge is -2.15. The zero-order valence-corrected chi connectivity index (χ0v) is 19.5. The predicted molar refractivity (Wildman–Crippen MR) is 134 cm³/mol. The van der Waals surface area contributed by atoms with Gasteiger partial charge < -0.3 is 0 Å². The fraction of sp³-hybridized carbons (Fsp3) is 0.290. The van der Waals surface area contributed by atoms with Crippen molar-refractivity contribution in [3.8, 4) is 0 Å². The monoisotopic (exact) mass is 406 g/mol. The summed E-state index contributed by atoms with van der Waals surface area (Å²) in [6, 6.07) is 22.6. The number of hydrogen-bond donors (Lipinski definition) is 0. The van der Waals surface area contributed by atoms with E-state index in [-0.39, 0.29) is 0 Å². The van der Waals surface area contributed by atoms with Gasteiger partial charge in [-0.1, -0.05) is 78.4 Å². The van der Waals surface area contributed by atoms with Gasteiger partial charge >= 0.3 is 0 Å². The Balaban J connectivity index is 1.51. The standard InChI is InChI=1S/C31H34/c1-22-9-7-11-26(17-22)19-27-15-16-29(24(3)18-27)21-31-14-8-13-30(25(31)4)20-28-12-6-5-10-23(28)2/h5-6,8,10-18H,7,9,19-21H2,1-4H3. The molecule has 0 bridgehead atoms. The summed E-state index contributed by atoms with van der Waals surface area (Å²) in [4.78, 5) is 0. The Hall–Kier alpha value is -2.86. The van der Waals surface area contributed by atoms with Gasteiger partial charge in [0.1, 0.15) is 0 Å². The van der Waals surface area contributed by atoms with Gasteiger partial charge in [-0.3, -0.25) is 0 Å². The van der Waals surface area contributed by atoms with Crippen LogP contribution in [0.1, 0.15) is 64.3 Å². The molecule has 0 spiro atoms. The largest absolute Gasteiger partial charge is 0.0807 e. The van der Waals surface area contributed by atoms with E-state index in [0.29, 0.717) is 0 Å². The maximum Gasteiger partial charge on any atom is -0.00204 e. The summed E-state index contributed by atoms with van der Waals surface area (Å²) in [5.74, 6) is 0. The van der Waals surface area contributed by atoms with E-state index in [1.807, 2.05) is 0 Å². The predicted octanol–water partition coefficient (Wildman–Crippen LogP) is 8.00. The van der Waals surface area contributed by atoms with E-state index < -0.39 is 0 Å². The Morgan fingerprint density at radius 3 is 2.00 bits per heavy atom. The lowest BCUT2D eigenvalue weighted by atomic mass is 9.90. The molecule has 0 aliphatic heterocycles. The maximum atomic E-state index is 2.40. The first-order valence-electron chi connectivity index (χ1n) is 11.6. The third-order valence-electron chi connectivity index (χ3n) is 6.77. The van der Waals surface area contributed by atoms with Crippen LogP contribution in [0.25, 0.3) is 0 Å². The highest BCUT2D eigenvalue weighted by Crippen LogP contribution is 2.25. The topological polar surface area (TPSA) is 0 Å². The van der Waals surface area contributed by atoms with E-state index in [1.165, 1.54) is 68.5 Å². The number of hydrogen-bond acceptors (Lipinski definition) is 0. The Morgan fingerprint density at radius 2 is 1.32 bits per heavy atom. The number of rotatable bonds is 6. The van der Waals surface area contributed by atoms with Crippen LogP contribution < -0.4 is 0 Å². The number of benzene rings is 3. The van der Waals surface area contributed by atoms with Crippen molar-refractivity contribution in [1.82, 2.24) is 0 Å². The average Bonchev–Trinajstić information content (AvgIpc) is 2.74. The zero-order valence-electron chi connectivity index (χ0n) is 19.5. The van der Waals surface area contributed by atoms with E-state index in [4.69, 9.17) is 0 Å². The Labute approximate surface area is 188 Å². The minimum Gasteiger partial charge on any atom is -0.0807 e. The van der Waals surface area contributed by atoms with Gasteiger partial charge in [0.05, 0.1) is 0 Å². The molecule has 3 aromatic carbocycles. The molecule has 0 aromatic heterocycles. The third-order valence-corrected chi connectivity index (χ3v) is 6.77. The first kappa shape index (κ1) is 21.4. The summed E-state index contributed by atoms with van der Waals surface area (Å²) in [7, 11) is 0. The van der Waals surface area contributed by atoms with Crippen molar-refractivity contribution in [2.24, 2.45) is 0 Å². The Bertz CT molecular complexity index is 1140. The van der Waals surface area contributed by atoms with Crippen LogP contribution in [-0.4, -0.2) is 0 Å². The van der Waals surface area contributed by atoms with E-state index in [9.17, 15) is 0 Å². The molecule has 0 N–H and O–H groups in total. The van der Waals surface area contributed by atoms with Gasteiger partial charge in [-0.25, -0.2) is 0 Å². The Morgan fingerprint density at radius 1 is 0.645 bits per heavy atom. The molecule has 0 atom stereocenters. The Kier molecular flexibility index (Phi) is 6.56. The van der Waals surface area contributed by atoms with Gasteiger partial charge in [-0.15, -0.1) is 0 Å². The third kappa shape index (κ3) is 5.25. The van der Waals surface area contributed by atoms with Crippen molar-refractivity contribution in [3.05, 3.63) is 128 Å². The molecule has 31 heavy (non-hydrogen) atoms. The minimum atomic E-state index is 1.00. The van der Waals surface area contributed by atoms with Crippen molar-refractivity contribution in [2.45, 2.75) is 59.8 Å². The fourth-order valence-corrected chi connectivity index (χ4v) is 4.70. The molecular formula is C31H34. The summed E-state index contributed by atoms with van der Waals surface area (Å²) in [5, 5.41) is 0. The second-order valence-electron chi connectivity index (χ2n) is 9.23. The van der Waals surface area contributed by atoms with E-state index >= 15 is 0 Å². The molecule has 3 aromatic rings. The highest BCUT2D eigenvalue weighted by Gasteiger charge is 2.10. The van der Waals surface area contributed by atoms with Crippen LogP contribution >= 0.6 is 0 Å². The summed E-state index contributed by atoms with van der Waals surface area (Å²) in [6.07, 6.45) is 10.2. The summed E-state index contributed by atoms with van der Waals surface area (Å²) < 4.78 is 0. The first-order chi connectivity index (χ1) is 15.0. The van der Waals surface area contributed by atoms with E-state index in [1.54, 1.807) is 0 Å². The number of allylic oxidation sites excluding steroid dienone is 4. The molecule has 0 unspecified atom stereocenters. The highest BCUT2D eigenvalue weighted by molar-refractivity contribution is 5.44. The molecule has 0 fully saturated rings. The van der Waals surface area contributed by atoms with Crippen molar-refractivity contribution < 1.29 is 0 Å². The smallest absolute Gasteiger partial charge is 0.00204 e. The minimum absolute atomic E-state index is 1.00. The quantitative estimate of drug-likeness (QED) is 0.389. The van der Waals surface area contributed by atoms with Crippen LogP contribution in [0.4, 0.5) is 0 Å². The molecule has 0 saturated heterocycles. The second-order valence-corrected chi connectivity index (χ2v) is 9.23. The molecule has 0 saturated carbocycles. The molecular weight excluding hydrogens is 372 g/mol. The molecule has 0 heteroatoms. The molecule has 0 nitrogen and oxygen atoms in total. The van der Waals surface area contributed by atoms with Crippen LogP contribution in [0.2, 0.25) is 0 Å². The molecule has 1 aliphatic rings. The average molecular weight is 407 g/mol. The fourth-order valence-electron chi connectivity index (χ4n) is 4.70. The molecule has 1 aliphatic carbocycles. The van der Waals surface area contributed by atoms with Crippen molar-refractivity contribution in [3.63, 3.8) is 0 Å².